The fourth-order valence-corrected chi connectivity index (χ4v) is 6.60. The summed E-state index contributed by atoms with van der Waals surface area (Å²) in [5.74, 6) is 0. The zero-order valence-electron chi connectivity index (χ0n) is 24.2. The molecule has 0 unspecified atom stereocenters. The average Bonchev–Trinajstić information content (AvgIpc) is 2.84. The number of anilines is 2. The predicted molar refractivity (Wildman–Crippen MR) is 164 cm³/mol. The topological polar surface area (TPSA) is 6.48 Å². The second-order valence-corrected chi connectivity index (χ2v) is 11.8. The van der Waals surface area contributed by atoms with Crippen molar-refractivity contribution >= 4 is 30.6 Å². The van der Waals surface area contributed by atoms with E-state index >= 15 is 0 Å². The van der Waals surface area contributed by atoms with Crippen LogP contribution in [0.5, 0.6) is 0 Å². The highest BCUT2D eigenvalue weighted by Gasteiger charge is 2.18. The lowest BCUT2D eigenvalue weighted by Crippen LogP contribution is -2.21. The van der Waals surface area contributed by atoms with Crippen molar-refractivity contribution in [3.05, 3.63) is 46.5 Å². The molecule has 0 saturated heterocycles. The van der Waals surface area contributed by atoms with E-state index in [1.807, 2.05) is 0 Å². The summed E-state index contributed by atoms with van der Waals surface area (Å²) in [5, 5.41) is 3.18. The summed E-state index contributed by atoms with van der Waals surface area (Å²) in [5.41, 5.74) is 9.38. The van der Waals surface area contributed by atoms with E-state index in [0.717, 1.165) is 8.58 Å². The van der Waals surface area contributed by atoms with Gasteiger partial charge in [0.2, 0.25) is 0 Å². The fraction of sp³-hybridized carbons (Fsp3) is 0.625. The Morgan fingerprint density at radius 1 is 0.486 bits per heavy atom. The van der Waals surface area contributed by atoms with Crippen LogP contribution in [0.25, 0.3) is 0 Å². The Morgan fingerprint density at radius 3 is 1.09 bits per heavy atom. The number of hydrogen-bond donors (Lipinski definition) is 0. The monoisotopic (exact) mass is 496 g/mol. The molecule has 0 radical (unpaired) electrons. The zero-order chi connectivity index (χ0) is 25.8. The van der Waals surface area contributed by atoms with Crippen molar-refractivity contribution in [3.63, 3.8) is 0 Å². The molecule has 3 heteroatoms. The van der Waals surface area contributed by atoms with E-state index < -0.39 is 0 Å². The maximum Gasteiger partial charge on any atom is 0.0396 e. The van der Waals surface area contributed by atoms with E-state index in [1.165, 1.54) is 88.4 Å². The van der Waals surface area contributed by atoms with Crippen LogP contribution in [0.1, 0.15) is 101 Å². The van der Waals surface area contributed by atoms with Gasteiger partial charge in [0, 0.05) is 39.6 Å². The first-order valence-electron chi connectivity index (χ1n) is 14.3. The number of unbranched alkanes of at least 4 members (excludes halogenated alkanes) is 4. The summed E-state index contributed by atoms with van der Waals surface area (Å²) in [6.07, 6.45) is 14.9. The van der Waals surface area contributed by atoms with Crippen LogP contribution in [0, 0.1) is 0 Å². The van der Waals surface area contributed by atoms with Crippen LogP contribution < -0.4 is 20.4 Å². The molecule has 2 aromatic rings. The highest BCUT2D eigenvalue weighted by Crippen LogP contribution is 2.32. The van der Waals surface area contributed by atoms with Gasteiger partial charge in [0.1, 0.15) is 0 Å². The molecule has 0 heterocycles. The van der Waals surface area contributed by atoms with Crippen molar-refractivity contribution in [2.45, 2.75) is 105 Å². The maximum absolute atomic E-state index is 2.46. The quantitative estimate of drug-likeness (QED) is 0.219. The molecule has 0 aliphatic heterocycles. The lowest BCUT2D eigenvalue weighted by atomic mass is 9.95. The molecule has 0 bridgehead atoms. The summed E-state index contributed by atoms with van der Waals surface area (Å²) in [6.45, 7) is 9.28. The second kappa shape index (κ2) is 15.6. The van der Waals surface area contributed by atoms with Crippen molar-refractivity contribution in [1.82, 2.24) is 0 Å². The lowest BCUT2D eigenvalue weighted by molar-refractivity contribution is 0.758. The Bertz CT molecular complexity index is 827. The molecular weight excluding hydrogens is 443 g/mol. The summed E-state index contributed by atoms with van der Waals surface area (Å²) in [6, 6.07) is 9.73. The molecule has 2 aromatic carbocycles. The van der Waals surface area contributed by atoms with Crippen LogP contribution >= 0.6 is 8.58 Å². The van der Waals surface area contributed by atoms with Gasteiger partial charge in [-0.1, -0.05) is 74.1 Å². The molecule has 2 nitrogen and oxygen atoms in total. The van der Waals surface area contributed by atoms with Gasteiger partial charge in [-0.2, -0.15) is 0 Å². The van der Waals surface area contributed by atoms with Gasteiger partial charge in [0.05, 0.1) is 0 Å². The van der Waals surface area contributed by atoms with E-state index in [2.05, 4.69) is 90.0 Å². The molecule has 2 rings (SSSR count). The summed E-state index contributed by atoms with van der Waals surface area (Å²) < 4.78 is 0. The molecular formula is C32H53N2P. The highest BCUT2D eigenvalue weighted by molar-refractivity contribution is 7.55. The Balaban J connectivity index is 2.64. The summed E-state index contributed by atoms with van der Waals surface area (Å²) >= 11 is 0. The molecule has 35 heavy (non-hydrogen) atoms. The SMILES string of the molecule is CCCCc1c(Pc2ccc(N(C)C)c(CCCC)c2CCCC)ccc(N(C)C)c1CCCC. The van der Waals surface area contributed by atoms with Gasteiger partial charge in [-0.15, -0.1) is 0 Å². The number of nitrogens with zero attached hydrogens (tertiary/aromatic N) is 2. The Hall–Kier alpha value is -1.53. The molecule has 0 spiro atoms. The first-order valence-corrected chi connectivity index (χ1v) is 15.3. The van der Waals surface area contributed by atoms with Gasteiger partial charge in [-0.25, -0.2) is 0 Å². The molecule has 0 fully saturated rings. The maximum atomic E-state index is 2.46. The summed E-state index contributed by atoms with van der Waals surface area (Å²) in [4.78, 5) is 4.66. The van der Waals surface area contributed by atoms with Crippen LogP contribution in [0.2, 0.25) is 0 Å². The van der Waals surface area contributed by atoms with Crippen molar-refractivity contribution in [1.29, 1.82) is 0 Å². The van der Waals surface area contributed by atoms with E-state index in [-0.39, 0.29) is 0 Å². The van der Waals surface area contributed by atoms with Crippen LogP contribution in [-0.2, 0) is 25.7 Å². The third-order valence-electron chi connectivity index (χ3n) is 7.17. The van der Waals surface area contributed by atoms with Crippen molar-refractivity contribution < 1.29 is 0 Å². The van der Waals surface area contributed by atoms with Gasteiger partial charge >= 0.3 is 0 Å². The van der Waals surface area contributed by atoms with E-state index in [9.17, 15) is 0 Å². The molecule has 0 atom stereocenters. The third kappa shape index (κ3) is 8.24. The van der Waals surface area contributed by atoms with Crippen molar-refractivity contribution in [2.75, 3.05) is 38.0 Å². The molecule has 0 N–H and O–H groups in total. The van der Waals surface area contributed by atoms with E-state index in [4.69, 9.17) is 0 Å². The Morgan fingerprint density at radius 2 is 0.800 bits per heavy atom. The molecule has 0 aromatic heterocycles. The van der Waals surface area contributed by atoms with Crippen molar-refractivity contribution in [2.24, 2.45) is 0 Å². The van der Waals surface area contributed by atoms with Crippen LogP contribution in [-0.4, -0.2) is 28.2 Å². The van der Waals surface area contributed by atoms with Gasteiger partial charge in [-0.3, -0.25) is 0 Å². The van der Waals surface area contributed by atoms with Gasteiger partial charge in [0.15, 0.2) is 0 Å². The number of rotatable bonds is 16. The Labute approximate surface area is 219 Å². The largest absolute Gasteiger partial charge is 0.377 e. The highest BCUT2D eigenvalue weighted by atomic mass is 31.1. The van der Waals surface area contributed by atoms with Crippen LogP contribution in [0.4, 0.5) is 11.4 Å². The molecule has 0 saturated carbocycles. The number of benzene rings is 2. The summed E-state index contributed by atoms with van der Waals surface area (Å²) in [7, 11) is 9.57. The average molecular weight is 497 g/mol. The third-order valence-corrected chi connectivity index (χ3v) is 8.64. The number of hydrogen-bond acceptors (Lipinski definition) is 2. The smallest absolute Gasteiger partial charge is 0.0396 e. The molecule has 0 aliphatic carbocycles. The normalized spacial score (nSPS) is 11.2. The van der Waals surface area contributed by atoms with E-state index in [0.29, 0.717) is 0 Å². The molecule has 0 aliphatic rings. The molecule has 196 valence electrons. The van der Waals surface area contributed by atoms with Gasteiger partial charge in [0.25, 0.3) is 0 Å². The first-order chi connectivity index (χ1) is 16.9. The minimum absolute atomic E-state index is 0.743. The Kier molecular flexibility index (Phi) is 13.2. The van der Waals surface area contributed by atoms with Crippen LogP contribution in [0.3, 0.4) is 0 Å². The van der Waals surface area contributed by atoms with Crippen LogP contribution in [0.15, 0.2) is 24.3 Å². The standard InChI is InChI=1S/C32H53N2P/c1-9-13-17-25-27(19-15-11-3)31(23-21-29(25)33(5)6)35-32-24-22-30(34(7)8)26(18-14-10-2)28(32)20-16-12-4/h21-24,35H,9-20H2,1-8H3. The van der Waals surface area contributed by atoms with E-state index in [1.54, 1.807) is 32.9 Å². The van der Waals surface area contributed by atoms with Crippen molar-refractivity contribution in [3.8, 4) is 0 Å². The second-order valence-electron chi connectivity index (χ2n) is 10.5. The predicted octanol–water partition coefficient (Wildman–Crippen LogP) is 7.82. The zero-order valence-corrected chi connectivity index (χ0v) is 25.2. The minimum Gasteiger partial charge on any atom is -0.377 e. The van der Waals surface area contributed by atoms with Gasteiger partial charge in [-0.05, 0) is 96.4 Å². The van der Waals surface area contributed by atoms with Gasteiger partial charge < -0.3 is 9.80 Å². The lowest BCUT2D eigenvalue weighted by Gasteiger charge is -2.26. The fourth-order valence-electron chi connectivity index (χ4n) is 5.12. The first kappa shape index (κ1) is 29.7. The minimum atomic E-state index is 0.743. The molecule has 0 amide bonds.